The van der Waals surface area contributed by atoms with Crippen LogP contribution in [0.2, 0.25) is 4.47 Å². The van der Waals surface area contributed by atoms with Crippen molar-refractivity contribution in [3.8, 4) is 0 Å². The van der Waals surface area contributed by atoms with Gasteiger partial charge in [-0.25, -0.2) is 4.98 Å². The van der Waals surface area contributed by atoms with Gasteiger partial charge in [-0.2, -0.15) is 0 Å². The highest BCUT2D eigenvalue weighted by molar-refractivity contribution is 7.13. The van der Waals surface area contributed by atoms with E-state index in [0.29, 0.717) is 11.0 Å². The van der Waals surface area contributed by atoms with Crippen molar-refractivity contribution in [3.63, 3.8) is 0 Å². The van der Waals surface area contributed by atoms with Crippen molar-refractivity contribution in [2.75, 3.05) is 19.8 Å². The molecule has 78 valence electrons. The van der Waals surface area contributed by atoms with Crippen LogP contribution in [-0.4, -0.2) is 24.7 Å². The molecule has 5 heteroatoms. The molecular weight excluding hydrogens is 220 g/mol. The zero-order valence-corrected chi connectivity index (χ0v) is 9.40. The van der Waals surface area contributed by atoms with Crippen LogP contribution >= 0.6 is 22.9 Å². The Labute approximate surface area is 92.2 Å². The minimum absolute atomic E-state index is 0.0946. The van der Waals surface area contributed by atoms with Gasteiger partial charge in [0.1, 0.15) is 0 Å². The van der Waals surface area contributed by atoms with Crippen molar-refractivity contribution in [1.29, 1.82) is 0 Å². The highest BCUT2D eigenvalue weighted by atomic mass is 35.5. The van der Waals surface area contributed by atoms with Gasteiger partial charge in [-0.1, -0.05) is 11.6 Å². The molecule has 0 aromatic carbocycles. The molecule has 1 saturated heterocycles. The zero-order chi connectivity index (χ0) is 10.0. The summed E-state index contributed by atoms with van der Waals surface area (Å²) < 4.78 is 6.00. The van der Waals surface area contributed by atoms with E-state index in [1.807, 2.05) is 5.38 Å². The van der Waals surface area contributed by atoms with E-state index in [1.165, 1.54) is 11.3 Å². The molecule has 2 rings (SSSR count). The lowest BCUT2D eigenvalue weighted by Gasteiger charge is -2.23. The molecule has 14 heavy (non-hydrogen) atoms. The maximum Gasteiger partial charge on any atom is 0.183 e. The molecule has 3 nitrogen and oxygen atoms in total. The van der Waals surface area contributed by atoms with Crippen LogP contribution in [0.3, 0.4) is 0 Å². The summed E-state index contributed by atoms with van der Waals surface area (Å²) in [7, 11) is 0. The summed E-state index contributed by atoms with van der Waals surface area (Å²) in [4.78, 5) is 4.24. The lowest BCUT2D eigenvalue weighted by molar-refractivity contribution is 0.154. The second-order valence-electron chi connectivity index (χ2n) is 3.78. The van der Waals surface area contributed by atoms with Crippen molar-refractivity contribution < 1.29 is 4.74 Å². The number of hydrogen-bond acceptors (Lipinski definition) is 4. The predicted molar refractivity (Wildman–Crippen MR) is 57.8 cm³/mol. The van der Waals surface area contributed by atoms with E-state index >= 15 is 0 Å². The summed E-state index contributed by atoms with van der Waals surface area (Å²) >= 11 is 7.25. The molecule has 0 saturated carbocycles. The van der Waals surface area contributed by atoms with E-state index in [0.717, 1.165) is 31.7 Å². The first-order chi connectivity index (χ1) is 6.74. The average molecular weight is 233 g/mol. The first kappa shape index (κ1) is 10.4. The van der Waals surface area contributed by atoms with Crippen molar-refractivity contribution in [2.24, 2.45) is 11.1 Å². The predicted octanol–water partition coefficient (Wildman–Crippen LogP) is 1.70. The Morgan fingerprint density at radius 1 is 1.71 bits per heavy atom. The van der Waals surface area contributed by atoms with Crippen LogP contribution in [0.1, 0.15) is 12.1 Å². The Bertz CT molecular complexity index is 310. The van der Waals surface area contributed by atoms with Gasteiger partial charge in [0.25, 0.3) is 0 Å². The lowest BCUT2D eigenvalue weighted by Crippen LogP contribution is -2.33. The zero-order valence-electron chi connectivity index (χ0n) is 7.83. The van der Waals surface area contributed by atoms with E-state index in [-0.39, 0.29) is 5.41 Å². The topological polar surface area (TPSA) is 48.1 Å². The standard InChI is InChI=1S/C9H13ClN2OS/c10-8-12-7(4-14-8)3-9(5-11)1-2-13-6-9/h4H,1-3,5-6,11H2. The Morgan fingerprint density at radius 2 is 2.57 bits per heavy atom. The first-order valence-corrected chi connectivity index (χ1v) is 5.88. The number of hydrogen-bond donors (Lipinski definition) is 1. The summed E-state index contributed by atoms with van der Waals surface area (Å²) in [6, 6.07) is 0. The smallest absolute Gasteiger partial charge is 0.183 e. The number of rotatable bonds is 3. The summed E-state index contributed by atoms with van der Waals surface area (Å²) in [6.07, 6.45) is 1.91. The second kappa shape index (κ2) is 4.14. The molecule has 1 atom stereocenters. The average Bonchev–Trinajstić information content (AvgIpc) is 2.77. The van der Waals surface area contributed by atoms with Crippen LogP contribution in [-0.2, 0) is 11.2 Å². The third-order valence-corrected chi connectivity index (χ3v) is 3.73. The third kappa shape index (κ3) is 2.08. The fraction of sp³-hybridized carbons (Fsp3) is 0.667. The van der Waals surface area contributed by atoms with Gasteiger partial charge in [-0.3, -0.25) is 0 Å². The van der Waals surface area contributed by atoms with Crippen LogP contribution in [0.5, 0.6) is 0 Å². The molecule has 1 unspecified atom stereocenters. The highest BCUT2D eigenvalue weighted by Crippen LogP contribution is 2.32. The third-order valence-electron chi connectivity index (χ3n) is 2.70. The van der Waals surface area contributed by atoms with Gasteiger partial charge < -0.3 is 10.5 Å². The van der Waals surface area contributed by atoms with Crippen LogP contribution in [0.25, 0.3) is 0 Å². The van der Waals surface area contributed by atoms with Gasteiger partial charge in [0.2, 0.25) is 0 Å². The van der Waals surface area contributed by atoms with Gasteiger partial charge in [0.05, 0.1) is 12.3 Å². The largest absolute Gasteiger partial charge is 0.381 e. The molecule has 0 amide bonds. The molecule has 1 aliphatic heterocycles. The number of nitrogens with zero attached hydrogens (tertiary/aromatic N) is 1. The SMILES string of the molecule is NCC1(Cc2csc(Cl)n2)CCOC1. The van der Waals surface area contributed by atoms with Gasteiger partial charge in [0, 0.05) is 23.9 Å². The number of ether oxygens (including phenoxy) is 1. The molecule has 0 spiro atoms. The van der Waals surface area contributed by atoms with Crippen molar-refractivity contribution >= 4 is 22.9 Å². The normalized spacial score (nSPS) is 27.0. The van der Waals surface area contributed by atoms with Crippen molar-refractivity contribution in [3.05, 3.63) is 15.5 Å². The van der Waals surface area contributed by atoms with Crippen LogP contribution in [0.15, 0.2) is 5.38 Å². The quantitative estimate of drug-likeness (QED) is 0.863. The highest BCUT2D eigenvalue weighted by Gasteiger charge is 2.34. The Hall–Kier alpha value is -0.160. The Kier molecular flexibility index (Phi) is 3.07. The molecule has 2 heterocycles. The molecule has 0 radical (unpaired) electrons. The molecule has 2 N–H and O–H groups in total. The minimum Gasteiger partial charge on any atom is -0.381 e. The number of halogens is 1. The van der Waals surface area contributed by atoms with Gasteiger partial charge in [0.15, 0.2) is 4.47 Å². The van der Waals surface area contributed by atoms with Gasteiger partial charge in [-0.05, 0) is 12.8 Å². The summed E-state index contributed by atoms with van der Waals surface area (Å²) in [6.45, 7) is 2.22. The van der Waals surface area contributed by atoms with Crippen LogP contribution < -0.4 is 5.73 Å². The van der Waals surface area contributed by atoms with Crippen LogP contribution in [0, 0.1) is 5.41 Å². The Balaban J connectivity index is 2.08. The molecule has 0 bridgehead atoms. The molecule has 1 aromatic heterocycles. The van der Waals surface area contributed by atoms with E-state index in [4.69, 9.17) is 22.1 Å². The number of nitrogens with two attached hydrogens (primary N) is 1. The Morgan fingerprint density at radius 3 is 3.07 bits per heavy atom. The number of aromatic nitrogens is 1. The molecule has 1 aromatic rings. The maximum absolute atomic E-state index is 5.79. The first-order valence-electron chi connectivity index (χ1n) is 4.62. The second-order valence-corrected chi connectivity index (χ2v) is 5.22. The molecule has 1 fully saturated rings. The van der Waals surface area contributed by atoms with E-state index in [9.17, 15) is 0 Å². The number of thiazole rings is 1. The van der Waals surface area contributed by atoms with Crippen LogP contribution in [0.4, 0.5) is 0 Å². The monoisotopic (exact) mass is 232 g/mol. The lowest BCUT2D eigenvalue weighted by atomic mass is 9.83. The molecular formula is C9H13ClN2OS. The minimum atomic E-state index is 0.0946. The molecule has 0 aliphatic carbocycles. The van der Waals surface area contributed by atoms with E-state index in [2.05, 4.69) is 4.98 Å². The maximum atomic E-state index is 5.79. The van der Waals surface area contributed by atoms with E-state index in [1.54, 1.807) is 0 Å². The van der Waals surface area contributed by atoms with E-state index < -0.39 is 0 Å². The van der Waals surface area contributed by atoms with Gasteiger partial charge >= 0.3 is 0 Å². The van der Waals surface area contributed by atoms with Crippen molar-refractivity contribution in [2.45, 2.75) is 12.8 Å². The molecule has 1 aliphatic rings. The summed E-state index contributed by atoms with van der Waals surface area (Å²) in [5, 5.41) is 2.00. The van der Waals surface area contributed by atoms with Gasteiger partial charge in [-0.15, -0.1) is 11.3 Å². The fourth-order valence-electron chi connectivity index (χ4n) is 1.77. The van der Waals surface area contributed by atoms with Crippen molar-refractivity contribution in [1.82, 2.24) is 4.98 Å². The summed E-state index contributed by atoms with van der Waals surface area (Å²) in [5.74, 6) is 0. The summed E-state index contributed by atoms with van der Waals surface area (Å²) in [5.41, 5.74) is 6.92. The fourth-order valence-corrected chi connectivity index (χ4v) is 2.55.